The highest BCUT2D eigenvalue weighted by Gasteiger charge is 1.83. The quantitative estimate of drug-likeness (QED) is 0.369. The van der Waals surface area contributed by atoms with Crippen molar-refractivity contribution in [3.8, 4) is 0 Å². The predicted molar refractivity (Wildman–Crippen MR) is 48.4 cm³/mol. The molecule has 0 fully saturated rings. The Hall–Kier alpha value is -1.73. The van der Waals surface area contributed by atoms with E-state index < -0.39 is 0 Å². The third kappa shape index (κ3) is 2.90. The molecule has 1 aromatic carbocycles. The number of hydrogen-bond donors (Lipinski definition) is 0. The Balaban J connectivity index is 2.48. The fraction of sp³-hybridized carbons (Fsp3) is 0.111. The first-order valence-corrected chi connectivity index (χ1v) is 3.66. The van der Waals surface area contributed by atoms with Crippen molar-refractivity contribution in [3.63, 3.8) is 0 Å². The first kappa shape index (κ1) is 8.37. The molecule has 0 amide bonds. The molecule has 0 radical (unpaired) electrons. The lowest BCUT2D eigenvalue weighted by atomic mass is 10.1. The topological polar surface area (TPSA) is 48.8 Å². The lowest BCUT2D eigenvalue weighted by Gasteiger charge is -1.92. The number of nitrogens with zero attached hydrogens (tertiary/aromatic N) is 3. The largest absolute Gasteiger partial charge is 0.0779 e. The summed E-state index contributed by atoms with van der Waals surface area (Å²) in [4.78, 5) is 2.61. The molecule has 0 N–H and O–H groups in total. The SMILES string of the molecule is [N-]=[N+]=N/C=C\Cc1ccccc1. The van der Waals surface area contributed by atoms with Crippen molar-refractivity contribution in [2.24, 2.45) is 5.11 Å². The molecule has 0 spiro atoms. The molecular weight excluding hydrogens is 150 g/mol. The summed E-state index contributed by atoms with van der Waals surface area (Å²) in [6.07, 6.45) is 4.10. The van der Waals surface area contributed by atoms with E-state index in [0.717, 1.165) is 6.42 Å². The second kappa shape index (κ2) is 4.99. The fourth-order valence-corrected chi connectivity index (χ4v) is 0.880. The van der Waals surface area contributed by atoms with Crippen LogP contribution in [0.15, 0.2) is 47.7 Å². The Kier molecular flexibility index (Phi) is 3.48. The van der Waals surface area contributed by atoms with E-state index in [-0.39, 0.29) is 0 Å². The van der Waals surface area contributed by atoms with Crippen LogP contribution in [0.1, 0.15) is 5.56 Å². The minimum Gasteiger partial charge on any atom is -0.0779 e. The lowest BCUT2D eigenvalue weighted by Crippen LogP contribution is -1.76. The van der Waals surface area contributed by atoms with E-state index in [0.29, 0.717) is 0 Å². The Labute approximate surface area is 71.0 Å². The number of azide groups is 1. The van der Waals surface area contributed by atoms with E-state index >= 15 is 0 Å². The second-order valence-corrected chi connectivity index (χ2v) is 2.28. The maximum absolute atomic E-state index is 7.97. The molecule has 3 heteroatoms. The van der Waals surface area contributed by atoms with Gasteiger partial charge in [0, 0.05) is 4.91 Å². The van der Waals surface area contributed by atoms with Crippen molar-refractivity contribution >= 4 is 0 Å². The standard InChI is InChI=1S/C9H9N3/c10-12-11-8-4-7-9-5-2-1-3-6-9/h1-6,8H,7H2/b8-4-. The van der Waals surface area contributed by atoms with Gasteiger partial charge in [-0.3, -0.25) is 0 Å². The summed E-state index contributed by atoms with van der Waals surface area (Å²) in [6, 6.07) is 10.00. The van der Waals surface area contributed by atoms with Gasteiger partial charge in [0.05, 0.1) is 0 Å². The maximum Gasteiger partial charge on any atom is 0.00474 e. The van der Waals surface area contributed by atoms with Gasteiger partial charge in [0.2, 0.25) is 0 Å². The Morgan fingerprint density at radius 1 is 1.33 bits per heavy atom. The molecule has 60 valence electrons. The van der Waals surface area contributed by atoms with Gasteiger partial charge in [0.1, 0.15) is 0 Å². The first-order valence-electron chi connectivity index (χ1n) is 3.66. The van der Waals surface area contributed by atoms with E-state index in [1.165, 1.54) is 11.8 Å². The summed E-state index contributed by atoms with van der Waals surface area (Å²) in [5.74, 6) is 0. The van der Waals surface area contributed by atoms with Crippen LogP contribution in [-0.2, 0) is 6.42 Å². The van der Waals surface area contributed by atoms with Crippen molar-refractivity contribution in [3.05, 3.63) is 58.6 Å². The molecule has 0 heterocycles. The molecule has 0 aliphatic rings. The van der Waals surface area contributed by atoms with Gasteiger partial charge in [-0.05, 0) is 23.7 Å². The van der Waals surface area contributed by atoms with Crippen LogP contribution >= 0.6 is 0 Å². The Morgan fingerprint density at radius 2 is 2.08 bits per heavy atom. The number of benzene rings is 1. The van der Waals surface area contributed by atoms with Crippen LogP contribution < -0.4 is 0 Å². The normalized spacial score (nSPS) is 9.67. The number of hydrogen-bond acceptors (Lipinski definition) is 1. The summed E-state index contributed by atoms with van der Waals surface area (Å²) >= 11 is 0. The zero-order valence-corrected chi connectivity index (χ0v) is 6.59. The van der Waals surface area contributed by atoms with Gasteiger partial charge in [0.15, 0.2) is 0 Å². The van der Waals surface area contributed by atoms with Crippen LogP contribution in [0.4, 0.5) is 0 Å². The minimum absolute atomic E-state index is 0.805. The van der Waals surface area contributed by atoms with Gasteiger partial charge < -0.3 is 0 Å². The summed E-state index contributed by atoms with van der Waals surface area (Å²) in [6.45, 7) is 0. The monoisotopic (exact) mass is 159 g/mol. The van der Waals surface area contributed by atoms with Crippen molar-refractivity contribution in [1.82, 2.24) is 0 Å². The van der Waals surface area contributed by atoms with Crippen LogP contribution in [0.5, 0.6) is 0 Å². The molecule has 1 aromatic rings. The van der Waals surface area contributed by atoms with Crippen LogP contribution in [-0.4, -0.2) is 0 Å². The average Bonchev–Trinajstić information content (AvgIpc) is 2.14. The molecule has 12 heavy (non-hydrogen) atoms. The molecular formula is C9H9N3. The third-order valence-electron chi connectivity index (χ3n) is 1.42. The van der Waals surface area contributed by atoms with Crippen LogP contribution in [0, 0.1) is 0 Å². The van der Waals surface area contributed by atoms with Gasteiger partial charge in [-0.2, -0.15) is 0 Å². The highest BCUT2D eigenvalue weighted by Crippen LogP contribution is 1.99. The number of rotatable bonds is 3. The molecule has 0 aliphatic heterocycles. The summed E-state index contributed by atoms with van der Waals surface area (Å²) in [5.41, 5.74) is 9.18. The molecule has 0 saturated carbocycles. The molecule has 0 aliphatic carbocycles. The van der Waals surface area contributed by atoms with E-state index in [4.69, 9.17) is 5.53 Å². The summed E-state index contributed by atoms with van der Waals surface area (Å²) in [5, 5.41) is 3.29. The smallest absolute Gasteiger partial charge is 0.00474 e. The maximum atomic E-state index is 7.97. The second-order valence-electron chi connectivity index (χ2n) is 2.28. The predicted octanol–water partition coefficient (Wildman–Crippen LogP) is 3.05. The van der Waals surface area contributed by atoms with Crippen LogP contribution in [0.2, 0.25) is 0 Å². The van der Waals surface area contributed by atoms with Crippen molar-refractivity contribution < 1.29 is 0 Å². The molecule has 0 bridgehead atoms. The first-order chi connectivity index (χ1) is 5.93. The zero-order chi connectivity index (χ0) is 8.65. The van der Waals surface area contributed by atoms with E-state index in [1.54, 1.807) is 0 Å². The molecule has 0 aromatic heterocycles. The molecule has 0 saturated heterocycles. The van der Waals surface area contributed by atoms with Gasteiger partial charge >= 0.3 is 0 Å². The van der Waals surface area contributed by atoms with E-state index in [1.807, 2.05) is 36.4 Å². The minimum atomic E-state index is 0.805. The number of allylic oxidation sites excluding steroid dienone is 1. The van der Waals surface area contributed by atoms with E-state index in [2.05, 4.69) is 10.0 Å². The Morgan fingerprint density at radius 3 is 2.75 bits per heavy atom. The van der Waals surface area contributed by atoms with Crippen LogP contribution in [0.3, 0.4) is 0 Å². The highest BCUT2D eigenvalue weighted by atomic mass is 15.1. The van der Waals surface area contributed by atoms with Crippen molar-refractivity contribution in [2.45, 2.75) is 6.42 Å². The molecule has 3 nitrogen and oxygen atoms in total. The van der Waals surface area contributed by atoms with Crippen LogP contribution in [0.25, 0.3) is 10.4 Å². The average molecular weight is 159 g/mol. The van der Waals surface area contributed by atoms with Gasteiger partial charge in [-0.1, -0.05) is 41.5 Å². The zero-order valence-electron chi connectivity index (χ0n) is 6.59. The molecule has 1 rings (SSSR count). The van der Waals surface area contributed by atoms with Gasteiger partial charge in [-0.15, -0.1) is 0 Å². The summed E-state index contributed by atoms with van der Waals surface area (Å²) < 4.78 is 0. The van der Waals surface area contributed by atoms with Crippen molar-refractivity contribution in [1.29, 1.82) is 0 Å². The van der Waals surface area contributed by atoms with Gasteiger partial charge in [0.25, 0.3) is 0 Å². The molecule has 0 atom stereocenters. The van der Waals surface area contributed by atoms with E-state index in [9.17, 15) is 0 Å². The van der Waals surface area contributed by atoms with Crippen molar-refractivity contribution in [2.75, 3.05) is 0 Å². The summed E-state index contributed by atoms with van der Waals surface area (Å²) in [7, 11) is 0. The fourth-order valence-electron chi connectivity index (χ4n) is 0.880. The Bertz CT molecular complexity index is 297. The van der Waals surface area contributed by atoms with Gasteiger partial charge in [-0.25, -0.2) is 0 Å². The third-order valence-corrected chi connectivity index (χ3v) is 1.42. The lowest BCUT2D eigenvalue weighted by molar-refractivity contribution is 1.25. The molecule has 0 unspecified atom stereocenters. The highest BCUT2D eigenvalue weighted by molar-refractivity contribution is 5.17.